The van der Waals surface area contributed by atoms with Crippen molar-refractivity contribution in [1.82, 2.24) is 0 Å². The van der Waals surface area contributed by atoms with Crippen LogP contribution in [0.1, 0.15) is 6.92 Å². The van der Waals surface area contributed by atoms with E-state index in [0.29, 0.717) is 81.5 Å². The van der Waals surface area contributed by atoms with Gasteiger partial charge in [0.25, 0.3) is 0 Å². The minimum atomic E-state index is -0.156. The van der Waals surface area contributed by atoms with Gasteiger partial charge in [-0.25, -0.2) is 0 Å². The number of carbonyl (C=O) groups excluding carboxylic acids is 1. The quantitative estimate of drug-likeness (QED) is 0.764. The second-order valence-corrected chi connectivity index (χ2v) is 6.41. The summed E-state index contributed by atoms with van der Waals surface area (Å²) in [6.07, 6.45) is 0. The van der Waals surface area contributed by atoms with Crippen molar-refractivity contribution in [3.8, 4) is 23.0 Å². The van der Waals surface area contributed by atoms with Gasteiger partial charge in [0.05, 0.1) is 26.4 Å². The Labute approximate surface area is 176 Å². The Hall–Kier alpha value is -2.97. The molecule has 1 amide bonds. The molecule has 1 aliphatic heterocycles. The molecule has 0 fully saturated rings. The monoisotopic (exact) mass is 417 g/mol. The van der Waals surface area contributed by atoms with E-state index < -0.39 is 0 Å². The van der Waals surface area contributed by atoms with Gasteiger partial charge in [-0.3, -0.25) is 4.79 Å². The second-order valence-electron chi connectivity index (χ2n) is 6.41. The van der Waals surface area contributed by atoms with Crippen LogP contribution in [0.15, 0.2) is 42.5 Å². The summed E-state index contributed by atoms with van der Waals surface area (Å²) in [5.41, 5.74) is 0.633. The minimum Gasteiger partial charge on any atom is -0.487 e. The molecular formula is C22H27NO7. The zero-order valence-corrected chi connectivity index (χ0v) is 17.1. The molecule has 0 aliphatic carbocycles. The molecule has 0 saturated carbocycles. The number of amides is 1. The Morgan fingerprint density at radius 3 is 1.63 bits per heavy atom. The molecule has 0 spiro atoms. The topological polar surface area (TPSA) is 84.5 Å². The first kappa shape index (κ1) is 21.7. The lowest BCUT2D eigenvalue weighted by Gasteiger charge is -2.16. The van der Waals surface area contributed by atoms with E-state index in [1.165, 1.54) is 6.92 Å². The number of hydrogen-bond donors (Lipinski definition) is 1. The molecule has 162 valence electrons. The van der Waals surface area contributed by atoms with Crippen LogP contribution >= 0.6 is 0 Å². The van der Waals surface area contributed by atoms with E-state index >= 15 is 0 Å². The van der Waals surface area contributed by atoms with Crippen LogP contribution in [0.2, 0.25) is 0 Å². The molecule has 2 aromatic carbocycles. The van der Waals surface area contributed by atoms with Gasteiger partial charge in [-0.1, -0.05) is 12.1 Å². The van der Waals surface area contributed by atoms with Gasteiger partial charge >= 0.3 is 0 Å². The molecular weight excluding hydrogens is 390 g/mol. The summed E-state index contributed by atoms with van der Waals surface area (Å²) in [6, 6.07) is 12.7. The zero-order chi connectivity index (χ0) is 21.0. The fourth-order valence-corrected chi connectivity index (χ4v) is 2.76. The highest BCUT2D eigenvalue weighted by Crippen LogP contribution is 2.31. The second kappa shape index (κ2) is 11.9. The van der Waals surface area contributed by atoms with Crippen molar-refractivity contribution in [3.63, 3.8) is 0 Å². The van der Waals surface area contributed by atoms with E-state index in [9.17, 15) is 4.79 Å². The van der Waals surface area contributed by atoms with Gasteiger partial charge in [-0.2, -0.15) is 0 Å². The fraction of sp³-hybridized carbons (Fsp3) is 0.409. The molecule has 1 aliphatic rings. The van der Waals surface area contributed by atoms with Crippen LogP contribution in [0.25, 0.3) is 0 Å². The molecule has 8 nitrogen and oxygen atoms in total. The van der Waals surface area contributed by atoms with Crippen LogP contribution in [-0.4, -0.2) is 58.8 Å². The van der Waals surface area contributed by atoms with Gasteiger partial charge in [-0.05, 0) is 24.3 Å². The third-order valence-corrected chi connectivity index (χ3v) is 4.05. The lowest BCUT2D eigenvalue weighted by atomic mass is 10.2. The first-order valence-corrected chi connectivity index (χ1v) is 9.90. The van der Waals surface area contributed by atoms with Crippen LogP contribution in [-0.2, 0) is 14.3 Å². The number of para-hydroxylation sites is 2. The summed E-state index contributed by atoms with van der Waals surface area (Å²) >= 11 is 0. The summed E-state index contributed by atoms with van der Waals surface area (Å²) < 4.78 is 34.3. The Balaban J connectivity index is 1.60. The molecule has 3 rings (SSSR count). The molecule has 30 heavy (non-hydrogen) atoms. The molecule has 1 heterocycles. The number of fused-ring (bicyclic) bond motifs is 2. The molecule has 0 saturated heterocycles. The third kappa shape index (κ3) is 7.13. The van der Waals surface area contributed by atoms with Gasteiger partial charge in [0.1, 0.15) is 26.4 Å². The van der Waals surface area contributed by atoms with E-state index in [1.54, 1.807) is 18.2 Å². The normalized spacial score (nSPS) is 16.0. The lowest BCUT2D eigenvalue weighted by Crippen LogP contribution is -2.15. The molecule has 8 heteroatoms. The predicted octanol–water partition coefficient (Wildman–Crippen LogP) is 2.91. The summed E-state index contributed by atoms with van der Waals surface area (Å²) in [5.74, 6) is 2.28. The first-order valence-electron chi connectivity index (χ1n) is 9.90. The van der Waals surface area contributed by atoms with Crippen molar-refractivity contribution in [2.24, 2.45) is 0 Å². The van der Waals surface area contributed by atoms with Crippen molar-refractivity contribution >= 4 is 11.6 Å². The average Bonchev–Trinajstić information content (AvgIpc) is 2.73. The third-order valence-electron chi connectivity index (χ3n) is 4.05. The van der Waals surface area contributed by atoms with Crippen LogP contribution in [0.4, 0.5) is 5.69 Å². The van der Waals surface area contributed by atoms with Gasteiger partial charge in [0.2, 0.25) is 5.91 Å². The van der Waals surface area contributed by atoms with Crippen molar-refractivity contribution < 1.29 is 33.2 Å². The van der Waals surface area contributed by atoms with E-state index in [-0.39, 0.29) is 5.91 Å². The number of ether oxygens (including phenoxy) is 6. The Bertz CT molecular complexity index is 812. The SMILES string of the molecule is CC(=O)Nc1ccc2c(c1)OCCOCCOc1ccccc1OCCOCCO2. The van der Waals surface area contributed by atoms with Crippen LogP contribution in [0, 0.1) is 0 Å². The van der Waals surface area contributed by atoms with E-state index in [0.717, 1.165) is 0 Å². The van der Waals surface area contributed by atoms with Gasteiger partial charge in [0, 0.05) is 18.7 Å². The minimum absolute atomic E-state index is 0.156. The zero-order valence-electron chi connectivity index (χ0n) is 17.1. The van der Waals surface area contributed by atoms with Crippen LogP contribution in [0.3, 0.4) is 0 Å². The molecule has 0 aromatic heterocycles. The molecule has 2 aromatic rings. The highest BCUT2D eigenvalue weighted by Gasteiger charge is 2.09. The van der Waals surface area contributed by atoms with Crippen LogP contribution < -0.4 is 24.3 Å². The Kier molecular flexibility index (Phi) is 8.62. The van der Waals surface area contributed by atoms with Crippen molar-refractivity contribution in [3.05, 3.63) is 42.5 Å². The Morgan fingerprint density at radius 2 is 1.13 bits per heavy atom. The van der Waals surface area contributed by atoms with Crippen molar-refractivity contribution in [2.75, 3.05) is 58.2 Å². The van der Waals surface area contributed by atoms with E-state index in [2.05, 4.69) is 5.32 Å². The summed E-state index contributed by atoms with van der Waals surface area (Å²) in [6.45, 7) is 4.55. The van der Waals surface area contributed by atoms with Crippen LogP contribution in [0.5, 0.6) is 23.0 Å². The molecule has 1 N–H and O–H groups in total. The van der Waals surface area contributed by atoms with E-state index in [4.69, 9.17) is 28.4 Å². The smallest absolute Gasteiger partial charge is 0.221 e. The largest absolute Gasteiger partial charge is 0.487 e. The maximum Gasteiger partial charge on any atom is 0.221 e. The number of anilines is 1. The Morgan fingerprint density at radius 1 is 0.667 bits per heavy atom. The molecule has 0 atom stereocenters. The fourth-order valence-electron chi connectivity index (χ4n) is 2.76. The summed E-state index contributed by atoms with van der Waals surface area (Å²) in [5, 5.41) is 2.73. The highest BCUT2D eigenvalue weighted by molar-refractivity contribution is 5.89. The molecule has 0 radical (unpaired) electrons. The number of rotatable bonds is 1. The average molecular weight is 417 g/mol. The number of hydrogen-bond acceptors (Lipinski definition) is 7. The number of nitrogens with one attached hydrogen (secondary N) is 1. The number of benzene rings is 2. The predicted molar refractivity (Wildman–Crippen MR) is 111 cm³/mol. The maximum atomic E-state index is 11.3. The lowest BCUT2D eigenvalue weighted by molar-refractivity contribution is -0.114. The highest BCUT2D eigenvalue weighted by atomic mass is 16.6. The maximum absolute atomic E-state index is 11.3. The molecule has 0 bridgehead atoms. The first-order chi connectivity index (χ1) is 14.7. The number of carbonyl (C=O) groups is 1. The van der Waals surface area contributed by atoms with Crippen molar-refractivity contribution in [1.29, 1.82) is 0 Å². The standard InChI is InChI=1S/C22H27NO7/c1-17(24)23-18-6-7-21-22(16-18)30-15-11-26-9-13-28-20-5-3-2-4-19(20)27-12-8-25-10-14-29-21/h2-7,16H,8-15H2,1H3,(H,23,24). The van der Waals surface area contributed by atoms with E-state index in [1.807, 2.05) is 24.3 Å². The van der Waals surface area contributed by atoms with Gasteiger partial charge in [0.15, 0.2) is 23.0 Å². The summed E-state index contributed by atoms with van der Waals surface area (Å²) in [4.78, 5) is 11.3. The van der Waals surface area contributed by atoms with Crippen molar-refractivity contribution in [2.45, 2.75) is 6.92 Å². The molecule has 0 unspecified atom stereocenters. The van der Waals surface area contributed by atoms with Gasteiger partial charge < -0.3 is 33.7 Å². The van der Waals surface area contributed by atoms with Gasteiger partial charge in [-0.15, -0.1) is 0 Å². The summed E-state index contributed by atoms with van der Waals surface area (Å²) in [7, 11) is 0.